The molecule has 120 valence electrons. The molecule has 0 aliphatic rings. The molecule has 0 aliphatic heterocycles. The fraction of sp³-hybridized carbons (Fsp3) is 0.231. The number of alkyl halides is 3. The number of halogens is 4. The van der Waals surface area contributed by atoms with Gasteiger partial charge in [0.1, 0.15) is 0 Å². The van der Waals surface area contributed by atoms with E-state index in [1.54, 1.807) is 0 Å². The minimum atomic E-state index is -4.40. The Kier molecular flexibility index (Phi) is 7.07. The summed E-state index contributed by atoms with van der Waals surface area (Å²) in [6, 6.07) is 9.24. The lowest BCUT2D eigenvalue weighted by Gasteiger charge is -2.04. The van der Waals surface area contributed by atoms with E-state index in [1.165, 1.54) is 0 Å². The average Bonchev–Trinajstić information content (AvgIpc) is 2.88. The number of benzene rings is 1. The third-order valence-electron chi connectivity index (χ3n) is 2.50. The summed E-state index contributed by atoms with van der Waals surface area (Å²) in [4.78, 5) is 7.58. The molecule has 0 unspecified atom stereocenters. The highest BCUT2D eigenvalue weighted by Crippen LogP contribution is 2.30. The largest absolute Gasteiger partial charge is 0.434 e. The molecule has 1 aromatic carbocycles. The molecule has 4 nitrogen and oxygen atoms in total. The molecule has 0 radical (unpaired) electrons. The Hall–Kier alpha value is -1.36. The second-order valence-corrected chi connectivity index (χ2v) is 5.07. The molecule has 0 fully saturated rings. The van der Waals surface area contributed by atoms with Crippen LogP contribution in [0.2, 0.25) is 0 Å². The molecule has 9 heteroatoms. The molecule has 0 spiro atoms. The van der Waals surface area contributed by atoms with Gasteiger partial charge in [-0.15, -0.1) is 35.3 Å². The standard InChI is InChI=1S/C13H13F3N4S.HI/c14-13(15,16)10-8-21-11(20-10)6-7-18-12(17)19-9-4-2-1-3-5-9;/h1-5,8H,6-7H2,(H3,17,18,19);1H. The first-order chi connectivity index (χ1) is 9.95. The van der Waals surface area contributed by atoms with Crippen molar-refractivity contribution in [2.45, 2.75) is 12.6 Å². The number of aliphatic imine (C=N–C) groups is 1. The number of nitrogens with two attached hydrogens (primary N) is 1. The van der Waals surface area contributed by atoms with Gasteiger partial charge in [0, 0.05) is 24.0 Å². The Morgan fingerprint density at radius 3 is 2.55 bits per heavy atom. The van der Waals surface area contributed by atoms with Gasteiger partial charge in [-0.25, -0.2) is 4.98 Å². The fourth-order valence-electron chi connectivity index (χ4n) is 1.54. The van der Waals surface area contributed by atoms with Crippen LogP contribution in [0.15, 0.2) is 40.7 Å². The van der Waals surface area contributed by atoms with Gasteiger partial charge in [0.25, 0.3) is 0 Å². The summed E-state index contributed by atoms with van der Waals surface area (Å²) in [5, 5.41) is 4.28. The van der Waals surface area contributed by atoms with E-state index in [0.29, 0.717) is 11.4 Å². The second kappa shape index (κ2) is 8.32. The SMILES string of the molecule is I.NC(=NCCc1nc(C(F)(F)F)cs1)Nc1ccccc1. The van der Waals surface area contributed by atoms with Crippen LogP contribution in [-0.2, 0) is 12.6 Å². The molecule has 2 rings (SSSR count). The first-order valence-corrected chi connectivity index (χ1v) is 6.97. The predicted octanol–water partition coefficient (Wildman–Crippen LogP) is 3.75. The minimum absolute atomic E-state index is 0. The van der Waals surface area contributed by atoms with E-state index in [9.17, 15) is 13.2 Å². The number of hydrogen-bond donors (Lipinski definition) is 2. The van der Waals surface area contributed by atoms with Crippen molar-refractivity contribution < 1.29 is 13.2 Å². The molecule has 22 heavy (non-hydrogen) atoms. The average molecular weight is 442 g/mol. The summed E-state index contributed by atoms with van der Waals surface area (Å²) in [6.45, 7) is 0.274. The molecule has 0 amide bonds. The summed E-state index contributed by atoms with van der Waals surface area (Å²) < 4.78 is 37.1. The minimum Gasteiger partial charge on any atom is -0.370 e. The molecule has 0 saturated carbocycles. The van der Waals surface area contributed by atoms with Crippen LogP contribution in [0.1, 0.15) is 10.7 Å². The van der Waals surface area contributed by atoms with Crippen LogP contribution in [0.3, 0.4) is 0 Å². The highest BCUT2D eigenvalue weighted by molar-refractivity contribution is 14.0. The summed E-state index contributed by atoms with van der Waals surface area (Å²) in [7, 11) is 0. The zero-order valence-corrected chi connectivity index (χ0v) is 14.4. The van der Waals surface area contributed by atoms with Crippen LogP contribution in [0.5, 0.6) is 0 Å². The molecule has 1 aromatic heterocycles. The third-order valence-corrected chi connectivity index (χ3v) is 3.40. The van der Waals surface area contributed by atoms with Crippen molar-refractivity contribution >= 4 is 47.0 Å². The van der Waals surface area contributed by atoms with E-state index in [4.69, 9.17) is 5.73 Å². The lowest BCUT2D eigenvalue weighted by atomic mass is 10.3. The van der Waals surface area contributed by atoms with Gasteiger partial charge in [0.05, 0.1) is 5.01 Å². The zero-order valence-electron chi connectivity index (χ0n) is 11.3. The highest BCUT2D eigenvalue weighted by Gasteiger charge is 2.33. The van der Waals surface area contributed by atoms with E-state index in [1.807, 2.05) is 30.3 Å². The van der Waals surface area contributed by atoms with Gasteiger partial charge in [-0.2, -0.15) is 13.2 Å². The van der Waals surface area contributed by atoms with E-state index >= 15 is 0 Å². The Morgan fingerprint density at radius 2 is 1.95 bits per heavy atom. The first-order valence-electron chi connectivity index (χ1n) is 6.09. The number of hydrogen-bond acceptors (Lipinski definition) is 3. The number of thiazole rings is 1. The van der Waals surface area contributed by atoms with Crippen molar-refractivity contribution in [3.63, 3.8) is 0 Å². The van der Waals surface area contributed by atoms with Crippen LogP contribution in [0.25, 0.3) is 0 Å². The van der Waals surface area contributed by atoms with Crippen molar-refractivity contribution in [1.82, 2.24) is 4.98 Å². The monoisotopic (exact) mass is 442 g/mol. The number of rotatable bonds is 4. The number of nitrogens with one attached hydrogen (secondary N) is 1. The van der Waals surface area contributed by atoms with Crippen LogP contribution in [-0.4, -0.2) is 17.5 Å². The van der Waals surface area contributed by atoms with Crippen molar-refractivity contribution in [2.75, 3.05) is 11.9 Å². The molecular weight excluding hydrogens is 428 g/mol. The lowest BCUT2D eigenvalue weighted by Crippen LogP contribution is -2.23. The normalized spacial score (nSPS) is 11.9. The zero-order chi connectivity index (χ0) is 15.3. The topological polar surface area (TPSA) is 63.3 Å². The van der Waals surface area contributed by atoms with Crippen molar-refractivity contribution in [3.05, 3.63) is 46.4 Å². The molecule has 2 aromatic rings. The molecule has 0 atom stereocenters. The molecule has 0 aliphatic carbocycles. The quantitative estimate of drug-likeness (QED) is 0.431. The fourth-order valence-corrected chi connectivity index (χ4v) is 2.33. The van der Waals surface area contributed by atoms with Crippen molar-refractivity contribution in [3.8, 4) is 0 Å². The van der Waals surface area contributed by atoms with Gasteiger partial charge < -0.3 is 11.1 Å². The van der Waals surface area contributed by atoms with Gasteiger partial charge in [-0.1, -0.05) is 18.2 Å². The van der Waals surface area contributed by atoms with Gasteiger partial charge in [-0.3, -0.25) is 4.99 Å². The Bertz CT molecular complexity index is 613. The maximum atomic E-state index is 12.4. The highest BCUT2D eigenvalue weighted by atomic mass is 127. The number of guanidine groups is 1. The van der Waals surface area contributed by atoms with Gasteiger partial charge in [0.2, 0.25) is 0 Å². The van der Waals surface area contributed by atoms with Gasteiger partial charge >= 0.3 is 6.18 Å². The maximum absolute atomic E-state index is 12.4. The third kappa shape index (κ3) is 5.79. The van der Waals surface area contributed by atoms with Gasteiger partial charge in [-0.05, 0) is 12.1 Å². The Morgan fingerprint density at radius 1 is 1.27 bits per heavy atom. The Balaban J connectivity index is 0.00000242. The predicted molar refractivity (Wildman–Crippen MR) is 92.8 cm³/mol. The van der Waals surface area contributed by atoms with Crippen molar-refractivity contribution in [2.24, 2.45) is 10.7 Å². The second-order valence-electron chi connectivity index (χ2n) is 4.13. The number of anilines is 1. The molecule has 0 saturated heterocycles. The summed E-state index contributed by atoms with van der Waals surface area (Å²) in [6.07, 6.45) is -4.08. The molecular formula is C13H14F3IN4S. The smallest absolute Gasteiger partial charge is 0.370 e. The van der Waals surface area contributed by atoms with Crippen LogP contribution in [0.4, 0.5) is 18.9 Å². The van der Waals surface area contributed by atoms with E-state index in [-0.39, 0.29) is 36.5 Å². The number of nitrogens with zero attached hydrogens (tertiary/aromatic N) is 2. The van der Waals surface area contributed by atoms with Crippen LogP contribution < -0.4 is 11.1 Å². The number of para-hydroxylation sites is 1. The summed E-state index contributed by atoms with van der Waals surface area (Å²) in [5.74, 6) is 0.216. The van der Waals surface area contributed by atoms with E-state index < -0.39 is 11.9 Å². The first kappa shape index (κ1) is 18.7. The van der Waals surface area contributed by atoms with Crippen LogP contribution >= 0.6 is 35.3 Å². The molecule has 0 bridgehead atoms. The van der Waals surface area contributed by atoms with Crippen molar-refractivity contribution in [1.29, 1.82) is 0 Å². The van der Waals surface area contributed by atoms with Gasteiger partial charge in [0.15, 0.2) is 11.7 Å². The van der Waals surface area contributed by atoms with Crippen LogP contribution in [0, 0.1) is 0 Å². The Labute approximate surface area is 146 Å². The summed E-state index contributed by atoms with van der Waals surface area (Å²) in [5.41, 5.74) is 5.63. The molecule has 3 N–H and O–H groups in total. The lowest BCUT2D eigenvalue weighted by molar-refractivity contribution is -0.140. The summed E-state index contributed by atoms with van der Waals surface area (Å²) >= 11 is 0.970. The maximum Gasteiger partial charge on any atom is 0.434 e. The van der Waals surface area contributed by atoms with E-state index in [2.05, 4.69) is 15.3 Å². The number of aromatic nitrogens is 1. The van der Waals surface area contributed by atoms with E-state index in [0.717, 1.165) is 22.4 Å². The molecule has 1 heterocycles.